The highest BCUT2D eigenvalue weighted by atomic mass is 32.1. The maximum absolute atomic E-state index is 4.48. The molecule has 96 valence electrons. The summed E-state index contributed by atoms with van der Waals surface area (Å²) in [5.41, 5.74) is 1.19. The van der Waals surface area contributed by atoms with Crippen LogP contribution in [0.5, 0.6) is 0 Å². The Bertz CT molecular complexity index is 356. The molecule has 0 spiro atoms. The van der Waals surface area contributed by atoms with Gasteiger partial charge in [-0.05, 0) is 53.1 Å². The summed E-state index contributed by atoms with van der Waals surface area (Å²) in [6.45, 7) is 8.72. The van der Waals surface area contributed by atoms with Crippen LogP contribution in [0.3, 0.4) is 0 Å². The van der Waals surface area contributed by atoms with Crippen molar-refractivity contribution in [1.82, 2.24) is 15.6 Å². The molecule has 0 amide bonds. The van der Waals surface area contributed by atoms with Crippen molar-refractivity contribution in [3.05, 3.63) is 15.6 Å². The maximum Gasteiger partial charge on any atom is 0.0900 e. The summed E-state index contributed by atoms with van der Waals surface area (Å²) in [6.07, 6.45) is 3.92. The zero-order valence-electron chi connectivity index (χ0n) is 11.0. The van der Waals surface area contributed by atoms with E-state index in [0.29, 0.717) is 6.04 Å². The summed E-state index contributed by atoms with van der Waals surface area (Å²) in [7, 11) is 0. The van der Waals surface area contributed by atoms with Crippen LogP contribution in [0.1, 0.15) is 47.8 Å². The summed E-state index contributed by atoms with van der Waals surface area (Å²) in [4.78, 5) is 5.87. The molecule has 1 aliphatic heterocycles. The minimum absolute atomic E-state index is 0.433. The van der Waals surface area contributed by atoms with E-state index in [1.807, 2.05) is 11.3 Å². The molecule has 0 aliphatic carbocycles. The number of hydrogen-bond acceptors (Lipinski definition) is 4. The molecule has 0 bridgehead atoms. The molecule has 0 saturated carbocycles. The number of hydrogen-bond donors (Lipinski definition) is 2. The van der Waals surface area contributed by atoms with E-state index in [4.69, 9.17) is 0 Å². The van der Waals surface area contributed by atoms with E-state index in [1.54, 1.807) is 0 Å². The highest BCUT2D eigenvalue weighted by molar-refractivity contribution is 7.11. The van der Waals surface area contributed by atoms with Gasteiger partial charge in [0.2, 0.25) is 0 Å². The molecule has 2 rings (SSSR count). The van der Waals surface area contributed by atoms with E-state index in [0.717, 1.165) is 12.6 Å². The minimum Gasteiger partial charge on any atom is -0.314 e. The lowest BCUT2D eigenvalue weighted by molar-refractivity contribution is 0.493. The molecule has 1 aromatic heterocycles. The van der Waals surface area contributed by atoms with Crippen molar-refractivity contribution >= 4 is 11.3 Å². The van der Waals surface area contributed by atoms with Gasteiger partial charge in [-0.3, -0.25) is 0 Å². The fourth-order valence-corrected chi connectivity index (χ4v) is 3.47. The van der Waals surface area contributed by atoms with Gasteiger partial charge in [-0.2, -0.15) is 0 Å². The zero-order valence-corrected chi connectivity index (χ0v) is 11.9. The van der Waals surface area contributed by atoms with Crippen LogP contribution in [0.25, 0.3) is 0 Å². The van der Waals surface area contributed by atoms with Crippen LogP contribution in [-0.4, -0.2) is 24.1 Å². The second-order valence-corrected chi connectivity index (χ2v) is 6.18. The van der Waals surface area contributed by atoms with Crippen molar-refractivity contribution in [2.45, 2.75) is 52.1 Å². The van der Waals surface area contributed by atoms with E-state index in [9.17, 15) is 0 Å². The molecule has 1 fully saturated rings. The lowest BCUT2D eigenvalue weighted by atomic mass is 10.1. The normalized spacial score (nSPS) is 21.9. The monoisotopic (exact) mass is 253 g/mol. The van der Waals surface area contributed by atoms with E-state index >= 15 is 0 Å². The van der Waals surface area contributed by atoms with Gasteiger partial charge >= 0.3 is 0 Å². The molecule has 2 heterocycles. The third-order valence-corrected chi connectivity index (χ3v) is 4.69. The first-order valence-corrected chi connectivity index (χ1v) is 7.39. The van der Waals surface area contributed by atoms with Gasteiger partial charge < -0.3 is 10.6 Å². The van der Waals surface area contributed by atoms with Crippen LogP contribution in [-0.2, 0) is 0 Å². The van der Waals surface area contributed by atoms with Gasteiger partial charge in [0.1, 0.15) is 0 Å². The van der Waals surface area contributed by atoms with Gasteiger partial charge in [-0.1, -0.05) is 0 Å². The fourth-order valence-electron chi connectivity index (χ4n) is 2.52. The highest BCUT2D eigenvalue weighted by Crippen LogP contribution is 2.24. The molecule has 17 heavy (non-hydrogen) atoms. The van der Waals surface area contributed by atoms with E-state index < -0.39 is 0 Å². The quantitative estimate of drug-likeness (QED) is 0.847. The smallest absolute Gasteiger partial charge is 0.0900 e. The Kier molecular flexibility index (Phi) is 4.54. The lowest BCUT2D eigenvalue weighted by Gasteiger charge is -2.15. The molecular weight excluding hydrogens is 230 g/mol. The van der Waals surface area contributed by atoms with Crippen molar-refractivity contribution in [2.75, 3.05) is 13.1 Å². The van der Waals surface area contributed by atoms with Crippen molar-refractivity contribution in [3.8, 4) is 0 Å². The third-order valence-electron chi connectivity index (χ3n) is 3.44. The van der Waals surface area contributed by atoms with Crippen LogP contribution >= 0.6 is 11.3 Å². The topological polar surface area (TPSA) is 37.0 Å². The Balaban J connectivity index is 1.76. The Hall–Kier alpha value is -0.450. The Morgan fingerprint density at radius 2 is 2.35 bits per heavy atom. The molecule has 2 N–H and O–H groups in total. The predicted molar refractivity (Wildman–Crippen MR) is 73.6 cm³/mol. The first-order valence-electron chi connectivity index (χ1n) is 6.57. The van der Waals surface area contributed by atoms with E-state index in [-0.39, 0.29) is 0 Å². The molecule has 2 unspecified atom stereocenters. The number of thiazole rings is 1. The summed E-state index contributed by atoms with van der Waals surface area (Å²) in [5.74, 6) is 0. The summed E-state index contributed by atoms with van der Waals surface area (Å²) >= 11 is 1.82. The minimum atomic E-state index is 0.433. The number of aryl methyl sites for hydroxylation is 2. The van der Waals surface area contributed by atoms with Crippen molar-refractivity contribution in [2.24, 2.45) is 0 Å². The molecule has 1 saturated heterocycles. The molecule has 4 heteroatoms. The molecule has 0 radical (unpaired) electrons. The number of nitrogens with one attached hydrogen (secondary N) is 2. The van der Waals surface area contributed by atoms with Gasteiger partial charge in [0.05, 0.1) is 10.7 Å². The van der Waals surface area contributed by atoms with E-state index in [2.05, 4.69) is 36.4 Å². The average molecular weight is 253 g/mol. The Morgan fingerprint density at radius 1 is 1.53 bits per heavy atom. The molecule has 0 aromatic carbocycles. The fraction of sp³-hybridized carbons (Fsp3) is 0.769. The molecule has 1 aromatic rings. The molecule has 2 atom stereocenters. The average Bonchev–Trinajstić information content (AvgIpc) is 2.88. The first kappa shape index (κ1) is 13.0. The van der Waals surface area contributed by atoms with Gasteiger partial charge in [0.25, 0.3) is 0 Å². The van der Waals surface area contributed by atoms with Crippen LogP contribution in [0.15, 0.2) is 0 Å². The Morgan fingerprint density at radius 3 is 2.94 bits per heavy atom. The third kappa shape index (κ3) is 3.50. The molecular formula is C13H23N3S. The Labute approximate surface area is 108 Å². The maximum atomic E-state index is 4.48. The second kappa shape index (κ2) is 5.94. The second-order valence-electron chi connectivity index (χ2n) is 4.94. The number of nitrogens with zero attached hydrogens (tertiary/aromatic N) is 1. The van der Waals surface area contributed by atoms with Gasteiger partial charge in [-0.15, -0.1) is 11.3 Å². The SMILES string of the molecule is Cc1nc(C)c(C(C)NCCC2CCCN2)s1. The summed E-state index contributed by atoms with van der Waals surface area (Å²) in [5, 5.41) is 8.32. The van der Waals surface area contributed by atoms with Gasteiger partial charge in [0, 0.05) is 17.0 Å². The van der Waals surface area contributed by atoms with Crippen LogP contribution in [0.4, 0.5) is 0 Å². The summed E-state index contributed by atoms with van der Waals surface area (Å²) < 4.78 is 0. The molecule has 1 aliphatic rings. The number of aromatic nitrogens is 1. The van der Waals surface area contributed by atoms with Crippen LogP contribution in [0.2, 0.25) is 0 Å². The molecule has 3 nitrogen and oxygen atoms in total. The largest absolute Gasteiger partial charge is 0.314 e. The van der Waals surface area contributed by atoms with Crippen molar-refractivity contribution in [3.63, 3.8) is 0 Å². The predicted octanol–water partition coefficient (Wildman–Crippen LogP) is 2.55. The standard InChI is InChI=1S/C13H23N3S/c1-9(13-10(2)16-11(3)17-13)14-8-6-12-5-4-7-15-12/h9,12,14-15H,4-8H2,1-3H3. The number of rotatable bonds is 5. The van der Waals surface area contributed by atoms with Crippen molar-refractivity contribution in [1.29, 1.82) is 0 Å². The first-order chi connectivity index (χ1) is 8.16. The van der Waals surface area contributed by atoms with Gasteiger partial charge in [-0.25, -0.2) is 4.98 Å². The highest BCUT2D eigenvalue weighted by Gasteiger charge is 2.15. The van der Waals surface area contributed by atoms with Crippen LogP contribution in [0, 0.1) is 13.8 Å². The lowest BCUT2D eigenvalue weighted by Crippen LogP contribution is -2.28. The zero-order chi connectivity index (χ0) is 12.3. The summed E-state index contributed by atoms with van der Waals surface area (Å²) in [6, 6.07) is 1.17. The van der Waals surface area contributed by atoms with E-state index in [1.165, 1.54) is 41.4 Å². The van der Waals surface area contributed by atoms with Gasteiger partial charge in [0.15, 0.2) is 0 Å². The van der Waals surface area contributed by atoms with Crippen LogP contribution < -0.4 is 10.6 Å². The van der Waals surface area contributed by atoms with Crippen molar-refractivity contribution < 1.29 is 0 Å².